The van der Waals surface area contributed by atoms with Crippen LogP contribution in [0, 0.1) is 35.4 Å². The molecular weight excluding hydrogens is 320 g/mol. The van der Waals surface area contributed by atoms with E-state index in [9.17, 15) is 27.2 Å². The Morgan fingerprint density at radius 3 is 2.26 bits per heavy atom. The largest absolute Gasteiger partial charge is 0.355 e. The minimum absolute atomic E-state index is 0.0274. The summed E-state index contributed by atoms with van der Waals surface area (Å²) in [6.45, 7) is 1.95. The summed E-state index contributed by atoms with van der Waals surface area (Å²) in [5.74, 6) is -7.81. The van der Waals surface area contributed by atoms with Crippen LogP contribution in [0.3, 0.4) is 0 Å². The maximum atomic E-state index is 13.3. The molecule has 0 bridgehead atoms. The summed E-state index contributed by atoms with van der Waals surface area (Å²) in [7, 11) is 0. The lowest BCUT2D eigenvalue weighted by Gasteiger charge is -2.11. The van der Waals surface area contributed by atoms with Crippen LogP contribution in [0.25, 0.3) is 0 Å². The molecule has 2 atom stereocenters. The van der Waals surface area contributed by atoms with E-state index < -0.39 is 35.1 Å². The molecule has 3 N–H and O–H groups in total. The second-order valence-corrected chi connectivity index (χ2v) is 5.23. The van der Waals surface area contributed by atoms with Crippen LogP contribution >= 0.6 is 0 Å². The van der Waals surface area contributed by atoms with Gasteiger partial charge in [0.25, 0.3) is 11.9 Å². The summed E-state index contributed by atoms with van der Waals surface area (Å²) in [4.78, 5) is 25.3. The zero-order valence-electron chi connectivity index (χ0n) is 12.1. The van der Waals surface area contributed by atoms with Crippen LogP contribution in [0.5, 0.6) is 0 Å². The van der Waals surface area contributed by atoms with Crippen molar-refractivity contribution in [1.29, 1.82) is 0 Å². The summed E-state index contributed by atoms with van der Waals surface area (Å²) >= 11 is 0. The number of carbonyl (C=O) groups is 2. The Hall–Kier alpha value is -2.39. The summed E-state index contributed by atoms with van der Waals surface area (Å²) in [5.41, 5.74) is 2.45. The number of amides is 2. The Kier molecular flexibility index (Phi) is 5.02. The number of hydrogen-bond donors (Lipinski definition) is 3. The van der Waals surface area contributed by atoms with Gasteiger partial charge in [-0.2, -0.15) is 22.5 Å². The summed E-state index contributed by atoms with van der Waals surface area (Å²) < 4.78 is 52.2. The van der Waals surface area contributed by atoms with E-state index in [-0.39, 0.29) is 24.8 Å². The van der Waals surface area contributed by atoms with Crippen molar-refractivity contribution in [2.24, 2.45) is 11.8 Å². The monoisotopic (exact) mass is 334 g/mol. The third-order valence-corrected chi connectivity index (χ3v) is 3.42. The predicted octanol–water partition coefficient (Wildman–Crippen LogP) is 1.24. The summed E-state index contributed by atoms with van der Waals surface area (Å²) in [5, 5.41) is 2.54. The van der Waals surface area contributed by atoms with Crippen LogP contribution in [0.4, 0.5) is 23.2 Å². The lowest BCUT2D eigenvalue weighted by Crippen LogP contribution is -2.35. The average Bonchev–Trinajstić information content (AvgIpc) is 3.22. The molecule has 2 amide bonds. The topological polar surface area (TPSA) is 83.1 Å². The van der Waals surface area contributed by atoms with Gasteiger partial charge in [-0.25, -0.2) is 0 Å². The molecule has 0 radical (unpaired) electrons. The van der Waals surface area contributed by atoms with E-state index in [1.54, 1.807) is 5.43 Å². The quantitative estimate of drug-likeness (QED) is 0.415. The number of aromatic nitrogens is 1. The first-order chi connectivity index (χ1) is 10.8. The number of anilines is 1. The highest BCUT2D eigenvalue weighted by atomic mass is 19.2. The maximum absolute atomic E-state index is 13.3. The highest BCUT2D eigenvalue weighted by molar-refractivity contribution is 5.82. The van der Waals surface area contributed by atoms with E-state index in [1.165, 1.54) is 0 Å². The number of hydrogen-bond acceptors (Lipinski definition) is 4. The van der Waals surface area contributed by atoms with Crippen LogP contribution in [-0.2, 0) is 9.59 Å². The predicted molar refractivity (Wildman–Crippen MR) is 70.7 cm³/mol. The molecule has 23 heavy (non-hydrogen) atoms. The van der Waals surface area contributed by atoms with Gasteiger partial charge in [-0.05, 0) is 12.3 Å². The molecule has 0 aromatic carbocycles. The van der Waals surface area contributed by atoms with Crippen molar-refractivity contribution in [3.05, 3.63) is 23.5 Å². The third-order valence-electron chi connectivity index (χ3n) is 3.42. The fourth-order valence-corrected chi connectivity index (χ4v) is 1.91. The molecular formula is C13H14F4N4O2. The molecule has 1 saturated carbocycles. The van der Waals surface area contributed by atoms with Gasteiger partial charge in [0.05, 0.1) is 0 Å². The van der Waals surface area contributed by atoms with Gasteiger partial charge in [0.2, 0.25) is 23.4 Å². The van der Waals surface area contributed by atoms with E-state index in [4.69, 9.17) is 0 Å². The molecule has 1 aliphatic carbocycles. The smallest absolute Gasteiger partial charge is 0.254 e. The number of rotatable bonds is 6. The van der Waals surface area contributed by atoms with Crippen molar-refractivity contribution < 1.29 is 27.2 Å². The highest BCUT2D eigenvalue weighted by Crippen LogP contribution is 2.37. The van der Waals surface area contributed by atoms with Gasteiger partial charge in [-0.1, -0.05) is 6.92 Å². The molecule has 0 unspecified atom stereocenters. The molecule has 1 fully saturated rings. The zero-order chi connectivity index (χ0) is 17.1. The first-order valence-corrected chi connectivity index (χ1v) is 6.83. The van der Waals surface area contributed by atoms with E-state index in [0.717, 1.165) is 6.42 Å². The van der Waals surface area contributed by atoms with Crippen molar-refractivity contribution in [2.75, 3.05) is 12.0 Å². The van der Waals surface area contributed by atoms with Crippen molar-refractivity contribution in [1.82, 2.24) is 15.7 Å². The molecule has 0 aliphatic heterocycles. The van der Waals surface area contributed by atoms with Gasteiger partial charge in [-0.15, -0.1) is 0 Å². The zero-order valence-corrected chi connectivity index (χ0v) is 12.1. The Bertz CT molecular complexity index is 615. The van der Waals surface area contributed by atoms with Crippen LogP contribution in [0.2, 0.25) is 0 Å². The molecule has 10 heteroatoms. The SMILES string of the molecule is C[C@@H]1C[C@H]1C(=O)NCCC(=O)NNc1c(F)c(F)nc(F)c1F. The number of hydrazine groups is 1. The van der Waals surface area contributed by atoms with Gasteiger partial charge in [-0.3, -0.25) is 20.4 Å². The molecule has 6 nitrogen and oxygen atoms in total. The minimum atomic E-state index is -1.84. The molecule has 2 rings (SSSR count). The van der Waals surface area contributed by atoms with E-state index >= 15 is 0 Å². The Balaban J connectivity index is 1.79. The number of pyridine rings is 1. The van der Waals surface area contributed by atoms with Crippen LogP contribution < -0.4 is 16.2 Å². The fourth-order valence-electron chi connectivity index (χ4n) is 1.91. The normalized spacial score (nSPS) is 19.2. The van der Waals surface area contributed by atoms with Gasteiger partial charge in [0.1, 0.15) is 5.69 Å². The standard InChI is InChI=1S/C13H14F4N4O2/c1-5-4-6(5)13(23)18-3-2-7(22)20-21-10-8(14)11(16)19-12(17)9(10)15/h5-6H,2-4H2,1H3,(H,18,23)(H,19,21)(H,20,22)/t5-,6-/m1/s1. The second kappa shape index (κ2) is 6.80. The van der Waals surface area contributed by atoms with E-state index in [2.05, 4.69) is 10.3 Å². The lowest BCUT2D eigenvalue weighted by atomic mass is 10.3. The first kappa shape index (κ1) is 17.0. The molecule has 0 saturated heterocycles. The Labute approximate surface area is 128 Å². The minimum Gasteiger partial charge on any atom is -0.355 e. The van der Waals surface area contributed by atoms with Crippen molar-refractivity contribution in [3.63, 3.8) is 0 Å². The Morgan fingerprint density at radius 2 is 1.74 bits per heavy atom. The van der Waals surface area contributed by atoms with E-state index in [0.29, 0.717) is 5.92 Å². The van der Waals surface area contributed by atoms with E-state index in [1.807, 2.05) is 12.3 Å². The number of nitrogens with one attached hydrogen (secondary N) is 3. The van der Waals surface area contributed by atoms with Crippen LogP contribution in [0.15, 0.2) is 0 Å². The van der Waals surface area contributed by atoms with Crippen molar-refractivity contribution in [3.8, 4) is 0 Å². The molecule has 1 heterocycles. The second-order valence-electron chi connectivity index (χ2n) is 5.23. The van der Waals surface area contributed by atoms with Crippen molar-refractivity contribution >= 4 is 17.5 Å². The van der Waals surface area contributed by atoms with Gasteiger partial charge < -0.3 is 5.32 Å². The molecule has 1 aromatic heterocycles. The van der Waals surface area contributed by atoms with Crippen molar-refractivity contribution in [2.45, 2.75) is 19.8 Å². The fraction of sp³-hybridized carbons (Fsp3) is 0.462. The average molecular weight is 334 g/mol. The molecule has 0 spiro atoms. The van der Waals surface area contributed by atoms with Crippen LogP contribution in [-0.4, -0.2) is 23.3 Å². The number of carbonyl (C=O) groups excluding carboxylic acids is 2. The van der Waals surface area contributed by atoms with Gasteiger partial charge in [0, 0.05) is 18.9 Å². The third kappa shape index (κ3) is 4.08. The number of nitrogens with zero attached hydrogens (tertiary/aromatic N) is 1. The summed E-state index contributed by atoms with van der Waals surface area (Å²) in [6, 6.07) is 0. The first-order valence-electron chi connectivity index (χ1n) is 6.83. The van der Waals surface area contributed by atoms with Gasteiger partial charge in [0.15, 0.2) is 0 Å². The molecule has 126 valence electrons. The highest BCUT2D eigenvalue weighted by Gasteiger charge is 2.38. The van der Waals surface area contributed by atoms with Crippen LogP contribution in [0.1, 0.15) is 19.8 Å². The number of halogens is 4. The summed E-state index contributed by atoms with van der Waals surface area (Å²) in [6.07, 6.45) is 0.621. The maximum Gasteiger partial charge on any atom is 0.254 e. The molecule has 1 aromatic rings. The Morgan fingerprint density at radius 1 is 1.17 bits per heavy atom. The lowest BCUT2D eigenvalue weighted by molar-refractivity contribution is -0.123. The van der Waals surface area contributed by atoms with Gasteiger partial charge >= 0.3 is 0 Å². The molecule has 1 aliphatic rings.